The van der Waals surface area contributed by atoms with E-state index >= 15 is 0 Å². The minimum absolute atomic E-state index is 0.0413. The summed E-state index contributed by atoms with van der Waals surface area (Å²) in [6, 6.07) is 4.94. The van der Waals surface area contributed by atoms with Crippen LogP contribution in [0, 0.1) is 5.82 Å². The molecular weight excluding hydrogens is 267 g/mol. The molecule has 3 nitrogen and oxygen atoms in total. The van der Waals surface area contributed by atoms with Gasteiger partial charge in [-0.2, -0.15) is 0 Å². The molecule has 21 heavy (non-hydrogen) atoms. The molecule has 1 aliphatic rings. The van der Waals surface area contributed by atoms with E-state index in [1.807, 2.05) is 20.0 Å². The number of aromatic nitrogens is 1. The Morgan fingerprint density at radius 3 is 2.76 bits per heavy atom. The second kappa shape index (κ2) is 5.17. The fourth-order valence-corrected chi connectivity index (χ4v) is 3.17. The van der Waals surface area contributed by atoms with E-state index in [1.165, 1.54) is 25.0 Å². The summed E-state index contributed by atoms with van der Waals surface area (Å²) in [4.78, 5) is 15.7. The molecule has 0 spiro atoms. The van der Waals surface area contributed by atoms with Crippen LogP contribution >= 0.6 is 0 Å². The number of hydrogen-bond donors (Lipinski definition) is 2. The predicted octanol–water partition coefficient (Wildman–Crippen LogP) is 3.64. The number of carbonyl (C=O) groups is 1. The molecule has 2 aromatic rings. The molecule has 3 rings (SSSR count). The topological polar surface area (TPSA) is 44.9 Å². The molecule has 4 heteroatoms. The van der Waals surface area contributed by atoms with Gasteiger partial charge in [0, 0.05) is 23.1 Å². The lowest BCUT2D eigenvalue weighted by atomic mass is 9.83. The average molecular weight is 288 g/mol. The van der Waals surface area contributed by atoms with E-state index in [1.54, 1.807) is 6.07 Å². The summed E-state index contributed by atoms with van der Waals surface area (Å²) in [5.74, 6) is -0.233. The van der Waals surface area contributed by atoms with Crippen LogP contribution in [-0.2, 0) is 10.2 Å². The molecular formula is C17H21FN2O. The van der Waals surface area contributed by atoms with E-state index in [9.17, 15) is 9.18 Å². The van der Waals surface area contributed by atoms with E-state index < -0.39 is 5.41 Å². The number of aromatic amines is 1. The largest absolute Gasteiger partial charge is 0.361 e. The van der Waals surface area contributed by atoms with Crippen LogP contribution in [0.5, 0.6) is 0 Å². The SMILES string of the molecule is CC(C)(C(=O)NC1CCCC1)c1c[nH]c2cc(F)ccc12. The first-order chi connectivity index (χ1) is 9.98. The molecule has 0 saturated heterocycles. The monoisotopic (exact) mass is 288 g/mol. The van der Waals surface area contributed by atoms with Crippen LogP contribution < -0.4 is 5.32 Å². The maximum Gasteiger partial charge on any atom is 0.230 e. The summed E-state index contributed by atoms with van der Waals surface area (Å²) in [6.07, 6.45) is 6.34. The lowest BCUT2D eigenvalue weighted by Crippen LogP contribution is -2.44. The third kappa shape index (κ3) is 2.55. The molecule has 0 aliphatic heterocycles. The molecule has 0 radical (unpaired) electrons. The van der Waals surface area contributed by atoms with Crippen molar-refractivity contribution in [1.82, 2.24) is 10.3 Å². The van der Waals surface area contributed by atoms with E-state index in [0.717, 1.165) is 29.3 Å². The third-order valence-corrected chi connectivity index (χ3v) is 4.58. The van der Waals surface area contributed by atoms with E-state index in [0.29, 0.717) is 6.04 Å². The Bertz CT molecular complexity index is 668. The molecule has 1 aromatic heterocycles. The summed E-state index contributed by atoms with van der Waals surface area (Å²) >= 11 is 0. The van der Waals surface area contributed by atoms with Crippen LogP contribution in [0.25, 0.3) is 10.9 Å². The first-order valence-electron chi connectivity index (χ1n) is 7.56. The van der Waals surface area contributed by atoms with Gasteiger partial charge in [0.05, 0.1) is 5.41 Å². The summed E-state index contributed by atoms with van der Waals surface area (Å²) in [7, 11) is 0. The number of hydrogen-bond acceptors (Lipinski definition) is 1. The Labute approximate surface area is 123 Å². The Morgan fingerprint density at radius 1 is 1.33 bits per heavy atom. The van der Waals surface area contributed by atoms with Crippen molar-refractivity contribution in [3.05, 3.63) is 35.8 Å². The Balaban J connectivity index is 1.89. The molecule has 1 aliphatic carbocycles. The molecule has 1 heterocycles. The van der Waals surface area contributed by atoms with Crippen molar-refractivity contribution < 1.29 is 9.18 Å². The van der Waals surface area contributed by atoms with Crippen molar-refractivity contribution in [3.8, 4) is 0 Å². The van der Waals surface area contributed by atoms with Crippen molar-refractivity contribution in [1.29, 1.82) is 0 Å². The van der Waals surface area contributed by atoms with Crippen LogP contribution in [0.15, 0.2) is 24.4 Å². The maximum atomic E-state index is 13.3. The Hall–Kier alpha value is -1.84. The van der Waals surface area contributed by atoms with Crippen molar-refractivity contribution in [2.24, 2.45) is 0 Å². The highest BCUT2D eigenvalue weighted by molar-refractivity contribution is 5.94. The molecule has 0 unspecified atom stereocenters. The lowest BCUT2D eigenvalue weighted by molar-refractivity contribution is -0.126. The summed E-state index contributed by atoms with van der Waals surface area (Å²) in [6.45, 7) is 3.84. The van der Waals surface area contributed by atoms with Crippen LogP contribution in [0.3, 0.4) is 0 Å². The highest BCUT2D eigenvalue weighted by atomic mass is 19.1. The van der Waals surface area contributed by atoms with Gasteiger partial charge in [-0.15, -0.1) is 0 Å². The number of benzene rings is 1. The Kier molecular flexibility index (Phi) is 3.47. The van der Waals surface area contributed by atoms with Gasteiger partial charge in [-0.05, 0) is 50.5 Å². The van der Waals surface area contributed by atoms with Crippen LogP contribution in [0.2, 0.25) is 0 Å². The minimum atomic E-state index is -0.640. The smallest absolute Gasteiger partial charge is 0.230 e. The van der Waals surface area contributed by atoms with Crippen molar-refractivity contribution in [2.75, 3.05) is 0 Å². The second-order valence-electron chi connectivity index (χ2n) is 6.47. The fraction of sp³-hybridized carbons (Fsp3) is 0.471. The quantitative estimate of drug-likeness (QED) is 0.889. The molecule has 112 valence electrons. The third-order valence-electron chi connectivity index (χ3n) is 4.58. The number of fused-ring (bicyclic) bond motifs is 1. The van der Waals surface area contributed by atoms with Gasteiger partial charge in [-0.3, -0.25) is 4.79 Å². The Morgan fingerprint density at radius 2 is 2.05 bits per heavy atom. The van der Waals surface area contributed by atoms with Gasteiger partial charge >= 0.3 is 0 Å². The van der Waals surface area contributed by atoms with Gasteiger partial charge in [0.15, 0.2) is 0 Å². The number of halogens is 1. The summed E-state index contributed by atoms with van der Waals surface area (Å²) in [5, 5.41) is 4.06. The van der Waals surface area contributed by atoms with Crippen molar-refractivity contribution in [3.63, 3.8) is 0 Å². The van der Waals surface area contributed by atoms with Gasteiger partial charge in [-0.25, -0.2) is 4.39 Å². The van der Waals surface area contributed by atoms with Gasteiger partial charge in [-0.1, -0.05) is 12.8 Å². The molecule has 1 amide bonds. The van der Waals surface area contributed by atoms with E-state index in [-0.39, 0.29) is 11.7 Å². The highest BCUT2D eigenvalue weighted by Crippen LogP contribution is 2.31. The normalized spacial score (nSPS) is 16.5. The molecule has 0 bridgehead atoms. The van der Waals surface area contributed by atoms with Gasteiger partial charge in [0.25, 0.3) is 0 Å². The molecule has 1 saturated carbocycles. The zero-order valence-electron chi connectivity index (χ0n) is 12.5. The number of rotatable bonds is 3. The molecule has 0 atom stereocenters. The summed E-state index contributed by atoms with van der Waals surface area (Å²) in [5.41, 5.74) is 0.998. The van der Waals surface area contributed by atoms with Gasteiger partial charge in [0.1, 0.15) is 5.82 Å². The number of amides is 1. The molecule has 1 fully saturated rings. The van der Waals surface area contributed by atoms with Crippen LogP contribution in [-0.4, -0.2) is 16.9 Å². The van der Waals surface area contributed by atoms with Gasteiger partial charge in [0.2, 0.25) is 5.91 Å². The van der Waals surface area contributed by atoms with Gasteiger partial charge < -0.3 is 10.3 Å². The highest BCUT2D eigenvalue weighted by Gasteiger charge is 2.33. The molecule has 1 aromatic carbocycles. The average Bonchev–Trinajstić information content (AvgIpc) is 3.07. The standard InChI is InChI=1S/C17H21FN2O/c1-17(2,16(21)20-12-5-3-4-6-12)14-10-19-15-9-11(18)7-8-13(14)15/h7-10,12,19H,3-6H2,1-2H3,(H,20,21). The lowest BCUT2D eigenvalue weighted by Gasteiger charge is -2.25. The zero-order chi connectivity index (χ0) is 15.0. The second-order valence-corrected chi connectivity index (χ2v) is 6.47. The summed E-state index contributed by atoms with van der Waals surface area (Å²) < 4.78 is 13.3. The van der Waals surface area contributed by atoms with Crippen molar-refractivity contribution >= 4 is 16.8 Å². The first kappa shape index (κ1) is 14.1. The first-order valence-corrected chi connectivity index (χ1v) is 7.56. The number of nitrogens with one attached hydrogen (secondary N) is 2. The minimum Gasteiger partial charge on any atom is -0.361 e. The number of carbonyl (C=O) groups excluding carboxylic acids is 1. The van der Waals surface area contributed by atoms with Crippen molar-refractivity contribution in [2.45, 2.75) is 51.0 Å². The van der Waals surface area contributed by atoms with E-state index in [4.69, 9.17) is 0 Å². The maximum absolute atomic E-state index is 13.3. The zero-order valence-corrected chi connectivity index (χ0v) is 12.5. The predicted molar refractivity (Wildman–Crippen MR) is 81.7 cm³/mol. The number of H-pyrrole nitrogens is 1. The van der Waals surface area contributed by atoms with Crippen LogP contribution in [0.4, 0.5) is 4.39 Å². The molecule has 2 N–H and O–H groups in total. The van der Waals surface area contributed by atoms with Crippen LogP contribution in [0.1, 0.15) is 45.1 Å². The van der Waals surface area contributed by atoms with E-state index in [2.05, 4.69) is 10.3 Å². The fourth-order valence-electron chi connectivity index (χ4n) is 3.17.